The summed E-state index contributed by atoms with van der Waals surface area (Å²) in [5, 5.41) is 1.13. The Labute approximate surface area is 87.1 Å². The Hall–Kier alpha value is -0.310. The zero-order valence-corrected chi connectivity index (χ0v) is 8.57. The molecule has 70 valence electrons. The van der Waals surface area contributed by atoms with Gasteiger partial charge in [0.15, 0.2) is 0 Å². The molecule has 1 aromatic heterocycles. The summed E-state index contributed by atoms with van der Waals surface area (Å²) in [7, 11) is 0. The van der Waals surface area contributed by atoms with Crippen molar-refractivity contribution in [3.63, 3.8) is 0 Å². The Balaban J connectivity index is 2.40. The Morgan fingerprint density at radius 2 is 2.08 bits per heavy atom. The first-order chi connectivity index (χ1) is 6.12. The number of nitrogens with two attached hydrogens (primary N) is 1. The van der Waals surface area contributed by atoms with E-state index in [2.05, 4.69) is 4.98 Å². The highest BCUT2D eigenvalue weighted by Crippen LogP contribution is 2.40. The maximum absolute atomic E-state index is 6.09. The molecule has 0 unspecified atom stereocenters. The lowest BCUT2D eigenvalue weighted by Crippen LogP contribution is -2.44. The highest BCUT2D eigenvalue weighted by molar-refractivity contribution is 6.34. The van der Waals surface area contributed by atoms with Gasteiger partial charge in [-0.25, -0.2) is 0 Å². The van der Waals surface area contributed by atoms with E-state index in [-0.39, 0.29) is 5.54 Å². The molecule has 1 fully saturated rings. The molecule has 1 saturated carbocycles. The predicted molar refractivity (Wildman–Crippen MR) is 54.0 cm³/mol. The van der Waals surface area contributed by atoms with E-state index < -0.39 is 0 Å². The van der Waals surface area contributed by atoms with Crippen molar-refractivity contribution in [2.75, 3.05) is 0 Å². The molecule has 0 radical (unpaired) electrons. The van der Waals surface area contributed by atoms with Gasteiger partial charge in [0.2, 0.25) is 0 Å². The molecule has 0 amide bonds. The van der Waals surface area contributed by atoms with Gasteiger partial charge in [0.1, 0.15) is 0 Å². The van der Waals surface area contributed by atoms with Gasteiger partial charge in [0.05, 0.1) is 21.3 Å². The van der Waals surface area contributed by atoms with E-state index in [1.807, 2.05) is 0 Å². The van der Waals surface area contributed by atoms with E-state index in [1.54, 1.807) is 12.3 Å². The molecule has 0 aliphatic heterocycles. The van der Waals surface area contributed by atoms with Gasteiger partial charge >= 0.3 is 0 Å². The van der Waals surface area contributed by atoms with Crippen molar-refractivity contribution in [3.05, 3.63) is 28.0 Å². The monoisotopic (exact) mass is 216 g/mol. The van der Waals surface area contributed by atoms with Crippen LogP contribution in [0.3, 0.4) is 0 Å². The molecule has 1 aliphatic carbocycles. The molecular formula is C9H10Cl2N2. The maximum Gasteiger partial charge on any atom is 0.0789 e. The fourth-order valence-corrected chi connectivity index (χ4v) is 2.14. The molecule has 4 heteroatoms. The molecule has 2 N–H and O–H groups in total. The molecule has 1 aliphatic rings. The third-order valence-corrected chi connectivity index (χ3v) is 3.02. The van der Waals surface area contributed by atoms with Gasteiger partial charge in [-0.2, -0.15) is 0 Å². The smallest absolute Gasteiger partial charge is 0.0789 e. The summed E-state index contributed by atoms with van der Waals surface area (Å²) in [5.41, 5.74) is 6.56. The summed E-state index contributed by atoms with van der Waals surface area (Å²) in [5.74, 6) is 0. The lowest BCUT2D eigenvalue weighted by molar-refractivity contribution is 0.246. The zero-order valence-electron chi connectivity index (χ0n) is 7.06. The van der Waals surface area contributed by atoms with Crippen LogP contribution in [0.2, 0.25) is 10.0 Å². The van der Waals surface area contributed by atoms with Crippen LogP contribution in [0, 0.1) is 0 Å². The summed E-state index contributed by atoms with van der Waals surface area (Å²) in [6, 6.07) is 1.69. The topological polar surface area (TPSA) is 38.9 Å². The van der Waals surface area contributed by atoms with Crippen LogP contribution in [0.1, 0.15) is 25.0 Å². The first-order valence-electron chi connectivity index (χ1n) is 4.22. The van der Waals surface area contributed by atoms with Gasteiger partial charge in [0.25, 0.3) is 0 Å². The standard InChI is InChI=1S/C9H10Cl2N2/c10-6-4-7(11)8(13-5-6)9(12)2-1-3-9/h4-5H,1-3,12H2. The highest BCUT2D eigenvalue weighted by atomic mass is 35.5. The molecule has 2 rings (SSSR count). The maximum atomic E-state index is 6.09. The number of rotatable bonds is 1. The van der Waals surface area contributed by atoms with Gasteiger partial charge in [-0.15, -0.1) is 0 Å². The van der Waals surface area contributed by atoms with E-state index >= 15 is 0 Å². The number of aromatic nitrogens is 1. The summed E-state index contributed by atoms with van der Waals surface area (Å²) in [6.45, 7) is 0. The Kier molecular flexibility index (Phi) is 2.22. The van der Waals surface area contributed by atoms with Crippen LogP contribution in [-0.4, -0.2) is 4.98 Å². The van der Waals surface area contributed by atoms with E-state index in [1.165, 1.54) is 0 Å². The van der Waals surface area contributed by atoms with Crippen LogP contribution in [-0.2, 0) is 5.54 Å². The van der Waals surface area contributed by atoms with Crippen LogP contribution in [0.5, 0.6) is 0 Å². The fraction of sp³-hybridized carbons (Fsp3) is 0.444. The minimum absolute atomic E-state index is 0.304. The fourth-order valence-electron chi connectivity index (χ4n) is 1.58. The second kappa shape index (κ2) is 3.12. The average Bonchev–Trinajstić information content (AvgIpc) is 2.00. The lowest BCUT2D eigenvalue weighted by Gasteiger charge is -2.37. The number of halogens is 2. The van der Waals surface area contributed by atoms with Crippen LogP contribution < -0.4 is 5.73 Å². The van der Waals surface area contributed by atoms with Crippen LogP contribution in [0.25, 0.3) is 0 Å². The number of nitrogens with zero attached hydrogens (tertiary/aromatic N) is 1. The normalized spacial score (nSPS) is 19.6. The molecule has 13 heavy (non-hydrogen) atoms. The van der Waals surface area contributed by atoms with E-state index in [0.717, 1.165) is 25.0 Å². The molecule has 1 heterocycles. The van der Waals surface area contributed by atoms with Crippen molar-refractivity contribution in [2.24, 2.45) is 5.73 Å². The van der Waals surface area contributed by atoms with Gasteiger partial charge < -0.3 is 5.73 Å². The Morgan fingerprint density at radius 3 is 2.54 bits per heavy atom. The van der Waals surface area contributed by atoms with Crippen LogP contribution in [0.15, 0.2) is 12.3 Å². The van der Waals surface area contributed by atoms with Gasteiger partial charge in [-0.3, -0.25) is 4.98 Å². The molecule has 0 aromatic carbocycles. The molecule has 0 spiro atoms. The summed E-state index contributed by atoms with van der Waals surface area (Å²) in [6.07, 6.45) is 4.66. The van der Waals surface area contributed by atoms with Gasteiger partial charge in [-0.1, -0.05) is 23.2 Å². The van der Waals surface area contributed by atoms with Crippen molar-refractivity contribution in [1.82, 2.24) is 4.98 Å². The van der Waals surface area contributed by atoms with Crippen molar-refractivity contribution in [1.29, 1.82) is 0 Å². The van der Waals surface area contributed by atoms with E-state index in [4.69, 9.17) is 28.9 Å². The lowest BCUT2D eigenvalue weighted by atomic mass is 9.75. The SMILES string of the molecule is NC1(c2ncc(Cl)cc2Cl)CCC1. The van der Waals surface area contributed by atoms with Gasteiger partial charge in [0, 0.05) is 6.20 Å². The first-order valence-corrected chi connectivity index (χ1v) is 4.98. The molecule has 0 atom stereocenters. The minimum atomic E-state index is -0.304. The predicted octanol–water partition coefficient (Wildman–Crippen LogP) is 2.73. The zero-order chi connectivity index (χ0) is 9.47. The highest BCUT2D eigenvalue weighted by Gasteiger charge is 2.37. The molecule has 0 saturated heterocycles. The van der Waals surface area contributed by atoms with Crippen molar-refractivity contribution in [3.8, 4) is 0 Å². The van der Waals surface area contributed by atoms with E-state index in [9.17, 15) is 0 Å². The third kappa shape index (κ3) is 1.54. The number of hydrogen-bond donors (Lipinski definition) is 1. The largest absolute Gasteiger partial charge is 0.320 e. The second-order valence-corrected chi connectivity index (χ2v) is 4.34. The quantitative estimate of drug-likeness (QED) is 0.785. The molecular weight excluding hydrogens is 207 g/mol. The molecule has 0 bridgehead atoms. The van der Waals surface area contributed by atoms with Crippen molar-refractivity contribution >= 4 is 23.2 Å². The second-order valence-electron chi connectivity index (χ2n) is 3.49. The third-order valence-electron chi connectivity index (χ3n) is 2.53. The average molecular weight is 217 g/mol. The van der Waals surface area contributed by atoms with E-state index in [0.29, 0.717) is 10.0 Å². The summed E-state index contributed by atoms with van der Waals surface area (Å²) < 4.78 is 0. The number of pyridine rings is 1. The minimum Gasteiger partial charge on any atom is -0.320 e. The van der Waals surface area contributed by atoms with Crippen LogP contribution >= 0.6 is 23.2 Å². The van der Waals surface area contributed by atoms with Gasteiger partial charge in [-0.05, 0) is 25.3 Å². The van der Waals surface area contributed by atoms with Crippen molar-refractivity contribution < 1.29 is 0 Å². The summed E-state index contributed by atoms with van der Waals surface area (Å²) in [4.78, 5) is 4.18. The summed E-state index contributed by atoms with van der Waals surface area (Å²) >= 11 is 11.7. The molecule has 2 nitrogen and oxygen atoms in total. The van der Waals surface area contributed by atoms with Crippen molar-refractivity contribution in [2.45, 2.75) is 24.8 Å². The Bertz CT molecular complexity index is 334. The van der Waals surface area contributed by atoms with Crippen LogP contribution in [0.4, 0.5) is 0 Å². The number of hydrogen-bond acceptors (Lipinski definition) is 2. The molecule has 1 aromatic rings. The Morgan fingerprint density at radius 1 is 1.38 bits per heavy atom. The first kappa shape index (κ1) is 9.25.